The van der Waals surface area contributed by atoms with Gasteiger partial charge in [-0.15, -0.1) is 0 Å². The molecule has 2 rings (SSSR count). The summed E-state index contributed by atoms with van der Waals surface area (Å²) in [5.74, 6) is 0. The second kappa shape index (κ2) is 4.75. The number of rotatable bonds is 4. The zero-order chi connectivity index (χ0) is 12.5. The summed E-state index contributed by atoms with van der Waals surface area (Å²) in [6.07, 6.45) is 3.52. The van der Waals surface area contributed by atoms with E-state index < -0.39 is 10.0 Å². The smallest absolute Gasteiger partial charge is 0.244 e. The van der Waals surface area contributed by atoms with Crippen molar-refractivity contribution in [1.29, 1.82) is 0 Å². The Kier molecular flexibility index (Phi) is 3.50. The van der Waals surface area contributed by atoms with Crippen molar-refractivity contribution in [1.82, 2.24) is 19.8 Å². The average Bonchev–Trinajstić information content (AvgIpc) is 2.85. The van der Waals surface area contributed by atoms with Crippen LogP contribution in [-0.4, -0.2) is 49.7 Å². The molecule has 0 radical (unpaired) electrons. The lowest BCUT2D eigenvalue weighted by atomic mass is 10.2. The van der Waals surface area contributed by atoms with E-state index in [1.807, 2.05) is 7.05 Å². The molecule has 96 valence electrons. The number of sulfonamides is 1. The lowest BCUT2D eigenvalue weighted by Crippen LogP contribution is -2.38. The van der Waals surface area contributed by atoms with Crippen molar-refractivity contribution in [2.45, 2.75) is 30.7 Å². The van der Waals surface area contributed by atoms with E-state index in [1.54, 1.807) is 6.92 Å². The van der Waals surface area contributed by atoms with Gasteiger partial charge < -0.3 is 4.90 Å². The molecular weight excluding hydrogens is 240 g/mol. The highest BCUT2D eigenvalue weighted by atomic mass is 32.2. The van der Waals surface area contributed by atoms with Gasteiger partial charge in [0.05, 0.1) is 11.9 Å². The van der Waals surface area contributed by atoms with Crippen LogP contribution in [0.3, 0.4) is 0 Å². The highest BCUT2D eigenvalue weighted by Crippen LogP contribution is 2.15. The van der Waals surface area contributed by atoms with Crippen LogP contribution in [0.2, 0.25) is 0 Å². The van der Waals surface area contributed by atoms with E-state index in [0.717, 1.165) is 19.4 Å². The third kappa shape index (κ3) is 2.67. The monoisotopic (exact) mass is 258 g/mol. The topological polar surface area (TPSA) is 78.1 Å². The van der Waals surface area contributed by atoms with Crippen LogP contribution in [0.4, 0.5) is 0 Å². The maximum Gasteiger partial charge on any atom is 0.244 e. The summed E-state index contributed by atoms with van der Waals surface area (Å²) < 4.78 is 26.6. The van der Waals surface area contributed by atoms with Gasteiger partial charge >= 0.3 is 0 Å². The van der Waals surface area contributed by atoms with E-state index in [2.05, 4.69) is 19.8 Å². The van der Waals surface area contributed by atoms with Gasteiger partial charge in [0.15, 0.2) is 0 Å². The second-order valence-electron chi connectivity index (χ2n) is 4.49. The van der Waals surface area contributed by atoms with Gasteiger partial charge in [0.1, 0.15) is 4.90 Å². The molecule has 7 heteroatoms. The van der Waals surface area contributed by atoms with Crippen molar-refractivity contribution in [2.75, 3.05) is 20.1 Å². The van der Waals surface area contributed by atoms with E-state index in [0.29, 0.717) is 18.3 Å². The Labute approximate surface area is 101 Å². The summed E-state index contributed by atoms with van der Waals surface area (Å²) in [5.41, 5.74) is 0.567. The first kappa shape index (κ1) is 12.5. The molecule has 0 aromatic carbocycles. The predicted octanol–water partition coefficient (Wildman–Crippen LogP) is 0.0906. The van der Waals surface area contributed by atoms with Crippen molar-refractivity contribution in [3.8, 4) is 0 Å². The zero-order valence-electron chi connectivity index (χ0n) is 10.1. The Morgan fingerprint density at radius 2 is 2.41 bits per heavy atom. The Hall–Kier alpha value is -0.920. The van der Waals surface area contributed by atoms with Gasteiger partial charge in [0, 0.05) is 12.6 Å². The van der Waals surface area contributed by atoms with E-state index in [9.17, 15) is 8.42 Å². The van der Waals surface area contributed by atoms with Crippen LogP contribution in [0.1, 0.15) is 18.5 Å². The number of hydrogen-bond donors (Lipinski definition) is 2. The van der Waals surface area contributed by atoms with Crippen molar-refractivity contribution < 1.29 is 8.42 Å². The molecule has 6 nitrogen and oxygen atoms in total. The first-order valence-electron chi connectivity index (χ1n) is 5.70. The summed E-state index contributed by atoms with van der Waals surface area (Å²) >= 11 is 0. The van der Waals surface area contributed by atoms with Gasteiger partial charge in [-0.3, -0.25) is 5.10 Å². The summed E-state index contributed by atoms with van der Waals surface area (Å²) in [6.45, 7) is 3.20. The number of likely N-dealkylation sites (tertiary alicyclic amines) is 1. The molecule has 1 saturated heterocycles. The number of aromatic nitrogens is 2. The first-order valence-corrected chi connectivity index (χ1v) is 7.19. The standard InChI is InChI=1S/C10H18N4O2S/c1-8-10(7-11-13-8)17(15,16)12-6-9-4-3-5-14(9)2/h7,9,12H,3-6H2,1-2H3,(H,11,13). The van der Waals surface area contributed by atoms with Crippen LogP contribution < -0.4 is 4.72 Å². The Balaban J connectivity index is 2.01. The Morgan fingerprint density at radius 1 is 1.65 bits per heavy atom. The number of likely N-dealkylation sites (N-methyl/N-ethyl adjacent to an activating group) is 1. The minimum Gasteiger partial charge on any atom is -0.302 e. The summed E-state index contributed by atoms with van der Waals surface area (Å²) in [7, 11) is -1.41. The van der Waals surface area contributed by atoms with Gasteiger partial charge in [-0.2, -0.15) is 5.10 Å². The largest absolute Gasteiger partial charge is 0.302 e. The zero-order valence-corrected chi connectivity index (χ0v) is 10.9. The van der Waals surface area contributed by atoms with E-state index in [1.165, 1.54) is 6.20 Å². The van der Waals surface area contributed by atoms with E-state index in [-0.39, 0.29) is 4.90 Å². The van der Waals surface area contributed by atoms with E-state index >= 15 is 0 Å². The van der Waals surface area contributed by atoms with Crippen molar-refractivity contribution in [3.63, 3.8) is 0 Å². The summed E-state index contributed by atoms with van der Waals surface area (Å²) in [5, 5.41) is 6.36. The number of hydrogen-bond acceptors (Lipinski definition) is 4. The highest BCUT2D eigenvalue weighted by molar-refractivity contribution is 7.89. The molecule has 2 heterocycles. The van der Waals surface area contributed by atoms with Crippen molar-refractivity contribution in [2.24, 2.45) is 0 Å². The van der Waals surface area contributed by atoms with Crippen LogP contribution >= 0.6 is 0 Å². The molecule has 0 spiro atoms. The molecule has 0 aliphatic carbocycles. The number of H-pyrrole nitrogens is 1. The summed E-state index contributed by atoms with van der Waals surface area (Å²) in [4.78, 5) is 2.42. The van der Waals surface area contributed by atoms with Crippen LogP contribution in [0.5, 0.6) is 0 Å². The predicted molar refractivity (Wildman–Crippen MR) is 64.2 cm³/mol. The molecule has 1 fully saturated rings. The fourth-order valence-electron chi connectivity index (χ4n) is 2.13. The molecule has 1 unspecified atom stereocenters. The van der Waals surface area contributed by atoms with Crippen LogP contribution in [0.25, 0.3) is 0 Å². The maximum absolute atomic E-state index is 12.0. The molecule has 1 atom stereocenters. The van der Waals surface area contributed by atoms with Crippen LogP contribution in [0, 0.1) is 6.92 Å². The lowest BCUT2D eigenvalue weighted by Gasteiger charge is -2.19. The molecule has 1 aromatic rings. The molecule has 1 aliphatic heterocycles. The van der Waals surface area contributed by atoms with Gasteiger partial charge in [0.25, 0.3) is 0 Å². The maximum atomic E-state index is 12.0. The number of aryl methyl sites for hydroxylation is 1. The SMILES string of the molecule is Cc1[nH]ncc1S(=O)(=O)NCC1CCCN1C. The number of nitrogens with zero attached hydrogens (tertiary/aromatic N) is 2. The van der Waals surface area contributed by atoms with Crippen molar-refractivity contribution in [3.05, 3.63) is 11.9 Å². The van der Waals surface area contributed by atoms with Crippen LogP contribution in [0.15, 0.2) is 11.1 Å². The molecule has 1 aromatic heterocycles. The molecule has 17 heavy (non-hydrogen) atoms. The average molecular weight is 258 g/mol. The molecule has 1 aliphatic rings. The quantitative estimate of drug-likeness (QED) is 0.802. The van der Waals surface area contributed by atoms with E-state index in [4.69, 9.17) is 0 Å². The minimum absolute atomic E-state index is 0.234. The molecule has 0 bridgehead atoms. The third-order valence-electron chi connectivity index (χ3n) is 3.25. The Bertz CT molecular complexity index is 482. The number of nitrogens with one attached hydrogen (secondary N) is 2. The fourth-order valence-corrected chi connectivity index (χ4v) is 3.34. The summed E-state index contributed by atoms with van der Waals surface area (Å²) in [6, 6.07) is 0.303. The molecule has 0 saturated carbocycles. The van der Waals surface area contributed by atoms with Crippen LogP contribution in [-0.2, 0) is 10.0 Å². The van der Waals surface area contributed by atoms with Gasteiger partial charge in [-0.1, -0.05) is 0 Å². The van der Waals surface area contributed by atoms with Gasteiger partial charge in [-0.25, -0.2) is 13.1 Å². The molecular formula is C10H18N4O2S. The van der Waals surface area contributed by atoms with Crippen molar-refractivity contribution >= 4 is 10.0 Å². The lowest BCUT2D eigenvalue weighted by molar-refractivity contribution is 0.311. The van der Waals surface area contributed by atoms with Gasteiger partial charge in [0.2, 0.25) is 10.0 Å². The van der Waals surface area contributed by atoms with Gasteiger partial charge in [-0.05, 0) is 33.4 Å². The molecule has 2 N–H and O–H groups in total. The minimum atomic E-state index is -3.43. The number of aromatic amines is 1. The Morgan fingerprint density at radius 3 is 2.94 bits per heavy atom. The molecule has 0 amide bonds. The first-order chi connectivity index (χ1) is 8.00. The normalized spacial score (nSPS) is 22.1. The third-order valence-corrected chi connectivity index (χ3v) is 4.79. The highest BCUT2D eigenvalue weighted by Gasteiger charge is 2.24. The second-order valence-corrected chi connectivity index (χ2v) is 6.22. The fraction of sp³-hybridized carbons (Fsp3) is 0.700.